The van der Waals surface area contributed by atoms with E-state index in [1.165, 1.54) is 60.3 Å². The number of rotatable bonds is 5. The standard InChI is InChI=1S/C57H39NO/c1-57(2)51-26-13-12-22-45(51)46-32-31-40(35-52(46)57)58(39-29-27-37(28-30-39)36-15-4-3-5-16-36)54-48(42-25-14-18-38-17-6-7-19-41(38)42)33-34-50-53-47-23-10-8-20-43(47)44-21-9-11-24-49(44)55(53)59-56(50)54/h3-35H,1-2H3. The van der Waals surface area contributed by atoms with E-state index >= 15 is 0 Å². The first-order valence-corrected chi connectivity index (χ1v) is 20.5. The summed E-state index contributed by atoms with van der Waals surface area (Å²) in [6, 6.07) is 73.1. The van der Waals surface area contributed by atoms with Crippen LogP contribution >= 0.6 is 0 Å². The van der Waals surface area contributed by atoms with Gasteiger partial charge in [0, 0.05) is 38.5 Å². The molecule has 0 saturated heterocycles. The molecule has 0 saturated carbocycles. The Labute approximate surface area is 343 Å². The molecule has 1 heterocycles. The van der Waals surface area contributed by atoms with Gasteiger partial charge in [0.1, 0.15) is 5.58 Å². The normalized spacial score (nSPS) is 13.1. The minimum Gasteiger partial charge on any atom is -0.453 e. The van der Waals surface area contributed by atoms with E-state index in [-0.39, 0.29) is 5.41 Å². The van der Waals surface area contributed by atoms with Crippen molar-refractivity contribution in [2.75, 3.05) is 4.90 Å². The molecule has 10 aromatic carbocycles. The summed E-state index contributed by atoms with van der Waals surface area (Å²) in [5, 5.41) is 9.38. The minimum atomic E-state index is -0.174. The van der Waals surface area contributed by atoms with Gasteiger partial charge in [0.25, 0.3) is 0 Å². The second-order valence-corrected chi connectivity index (χ2v) is 16.4. The molecule has 1 aromatic heterocycles. The Kier molecular flexibility index (Phi) is 7.31. The van der Waals surface area contributed by atoms with Gasteiger partial charge in [0.15, 0.2) is 5.58 Å². The zero-order valence-corrected chi connectivity index (χ0v) is 32.9. The van der Waals surface area contributed by atoms with Gasteiger partial charge in [-0.25, -0.2) is 0 Å². The van der Waals surface area contributed by atoms with Crippen LogP contribution in [-0.2, 0) is 5.41 Å². The molecule has 2 nitrogen and oxygen atoms in total. The number of anilines is 3. The Hall–Kier alpha value is -7.42. The summed E-state index contributed by atoms with van der Waals surface area (Å²) in [5.74, 6) is 0. The number of hydrogen-bond donors (Lipinski definition) is 0. The molecule has 0 radical (unpaired) electrons. The number of nitrogens with zero attached hydrogens (tertiary/aromatic N) is 1. The minimum absolute atomic E-state index is 0.174. The Bertz CT molecular complexity index is 3460. The maximum absolute atomic E-state index is 7.44. The number of benzene rings is 10. The zero-order valence-electron chi connectivity index (χ0n) is 32.9. The van der Waals surface area contributed by atoms with Crippen molar-refractivity contribution in [2.45, 2.75) is 19.3 Å². The molecular formula is C57H39NO. The fourth-order valence-electron chi connectivity index (χ4n) is 10.0. The van der Waals surface area contributed by atoms with Crippen LogP contribution in [0.5, 0.6) is 0 Å². The van der Waals surface area contributed by atoms with E-state index in [1.807, 2.05) is 0 Å². The number of furan rings is 1. The lowest BCUT2D eigenvalue weighted by molar-refractivity contribution is 0.660. The molecule has 1 aliphatic carbocycles. The average Bonchev–Trinajstić information content (AvgIpc) is 3.80. The monoisotopic (exact) mass is 753 g/mol. The summed E-state index contributed by atoms with van der Waals surface area (Å²) in [5.41, 5.74) is 14.7. The maximum Gasteiger partial charge on any atom is 0.160 e. The molecule has 59 heavy (non-hydrogen) atoms. The van der Waals surface area contributed by atoms with E-state index in [9.17, 15) is 0 Å². The van der Waals surface area contributed by atoms with E-state index in [4.69, 9.17) is 4.42 Å². The molecule has 0 aliphatic heterocycles. The lowest BCUT2D eigenvalue weighted by atomic mass is 9.82. The van der Waals surface area contributed by atoms with Crippen molar-refractivity contribution < 1.29 is 4.42 Å². The fraction of sp³-hybridized carbons (Fsp3) is 0.0526. The van der Waals surface area contributed by atoms with Crippen LogP contribution in [-0.4, -0.2) is 0 Å². The molecule has 0 spiro atoms. The van der Waals surface area contributed by atoms with Crippen LogP contribution in [0.2, 0.25) is 0 Å². The van der Waals surface area contributed by atoms with Gasteiger partial charge in [0.2, 0.25) is 0 Å². The van der Waals surface area contributed by atoms with Crippen LogP contribution < -0.4 is 4.90 Å². The Morgan fingerprint density at radius 1 is 0.373 bits per heavy atom. The topological polar surface area (TPSA) is 16.4 Å². The van der Waals surface area contributed by atoms with E-state index < -0.39 is 0 Å². The SMILES string of the molecule is CC1(C)c2ccccc2-c2ccc(N(c3ccc(-c4ccccc4)cc3)c3c(-c4cccc5ccccc45)ccc4c3oc3c5ccccc5c5ccccc5c43)cc21. The van der Waals surface area contributed by atoms with Crippen molar-refractivity contribution in [3.63, 3.8) is 0 Å². The molecule has 0 fully saturated rings. The molecule has 0 unspecified atom stereocenters. The van der Waals surface area contributed by atoms with E-state index in [2.05, 4.69) is 219 Å². The van der Waals surface area contributed by atoms with E-state index in [0.717, 1.165) is 55.5 Å². The molecular weight excluding hydrogens is 715 g/mol. The predicted molar refractivity (Wildman–Crippen MR) is 249 cm³/mol. The summed E-state index contributed by atoms with van der Waals surface area (Å²) in [6.45, 7) is 4.72. The van der Waals surface area contributed by atoms with Gasteiger partial charge in [0.05, 0.1) is 5.69 Å². The quantitative estimate of drug-likeness (QED) is 0.163. The third kappa shape index (κ3) is 5.00. The van der Waals surface area contributed by atoms with Crippen molar-refractivity contribution in [3.8, 4) is 33.4 Å². The van der Waals surface area contributed by atoms with E-state index in [1.54, 1.807) is 0 Å². The second kappa shape index (κ2) is 12.8. The second-order valence-electron chi connectivity index (χ2n) is 16.4. The summed E-state index contributed by atoms with van der Waals surface area (Å²) < 4.78 is 7.44. The summed E-state index contributed by atoms with van der Waals surface area (Å²) in [4.78, 5) is 2.46. The third-order valence-electron chi connectivity index (χ3n) is 12.9. The first-order chi connectivity index (χ1) is 29.0. The molecule has 278 valence electrons. The summed E-state index contributed by atoms with van der Waals surface area (Å²) in [7, 11) is 0. The van der Waals surface area contributed by atoms with Crippen LogP contribution in [0.1, 0.15) is 25.0 Å². The van der Waals surface area contributed by atoms with Crippen LogP contribution in [0.25, 0.3) is 87.6 Å². The fourth-order valence-corrected chi connectivity index (χ4v) is 10.0. The molecule has 2 heteroatoms. The Morgan fingerprint density at radius 2 is 0.949 bits per heavy atom. The van der Waals surface area contributed by atoms with Crippen molar-refractivity contribution >= 4 is 71.3 Å². The lowest BCUT2D eigenvalue weighted by Crippen LogP contribution is -2.17. The first-order valence-electron chi connectivity index (χ1n) is 20.5. The Morgan fingerprint density at radius 3 is 1.76 bits per heavy atom. The average molecular weight is 754 g/mol. The lowest BCUT2D eigenvalue weighted by Gasteiger charge is -2.30. The zero-order chi connectivity index (χ0) is 39.2. The number of hydrogen-bond acceptors (Lipinski definition) is 2. The van der Waals surface area contributed by atoms with Gasteiger partial charge in [-0.2, -0.15) is 0 Å². The van der Waals surface area contributed by atoms with Crippen molar-refractivity contribution in [2.24, 2.45) is 0 Å². The predicted octanol–water partition coefficient (Wildman–Crippen LogP) is 16.2. The third-order valence-corrected chi connectivity index (χ3v) is 12.9. The van der Waals surface area contributed by atoms with Crippen molar-refractivity contribution in [3.05, 3.63) is 211 Å². The first kappa shape index (κ1) is 33.7. The molecule has 0 atom stereocenters. The van der Waals surface area contributed by atoms with Gasteiger partial charge in [-0.15, -0.1) is 0 Å². The molecule has 0 N–H and O–H groups in total. The molecule has 11 aromatic rings. The van der Waals surface area contributed by atoms with Gasteiger partial charge >= 0.3 is 0 Å². The smallest absolute Gasteiger partial charge is 0.160 e. The molecule has 1 aliphatic rings. The van der Waals surface area contributed by atoms with Gasteiger partial charge in [-0.3, -0.25) is 0 Å². The summed E-state index contributed by atoms with van der Waals surface area (Å²) >= 11 is 0. The molecule has 12 rings (SSSR count). The molecule has 0 bridgehead atoms. The Balaban J connectivity index is 1.22. The highest BCUT2D eigenvalue weighted by Crippen LogP contribution is 2.54. The van der Waals surface area contributed by atoms with Crippen LogP contribution in [0.3, 0.4) is 0 Å². The van der Waals surface area contributed by atoms with Crippen LogP contribution in [0.15, 0.2) is 205 Å². The van der Waals surface area contributed by atoms with E-state index in [0.29, 0.717) is 0 Å². The van der Waals surface area contributed by atoms with Crippen LogP contribution in [0.4, 0.5) is 17.1 Å². The van der Waals surface area contributed by atoms with Gasteiger partial charge < -0.3 is 9.32 Å². The number of fused-ring (bicyclic) bond motifs is 12. The maximum atomic E-state index is 7.44. The van der Waals surface area contributed by atoms with Gasteiger partial charge in [-0.05, 0) is 96.2 Å². The summed E-state index contributed by atoms with van der Waals surface area (Å²) in [6.07, 6.45) is 0. The van der Waals surface area contributed by atoms with Gasteiger partial charge in [-0.1, -0.05) is 184 Å². The van der Waals surface area contributed by atoms with Crippen LogP contribution in [0, 0.1) is 0 Å². The highest BCUT2D eigenvalue weighted by atomic mass is 16.3. The highest BCUT2D eigenvalue weighted by Gasteiger charge is 2.36. The van der Waals surface area contributed by atoms with Crippen molar-refractivity contribution in [1.29, 1.82) is 0 Å². The largest absolute Gasteiger partial charge is 0.453 e. The highest BCUT2D eigenvalue weighted by molar-refractivity contribution is 6.31. The molecule has 0 amide bonds. The van der Waals surface area contributed by atoms with Crippen molar-refractivity contribution in [1.82, 2.24) is 0 Å².